The molecule has 96 valence electrons. The Balaban J connectivity index is 2.34. The van der Waals surface area contributed by atoms with Gasteiger partial charge in [0.25, 0.3) is 0 Å². The number of β-amino-alcohol motifs (C(OH)–C–C–N with tert-alkyl or cyclic N) is 1. The number of aliphatic hydroxyl groups is 1. The lowest BCUT2D eigenvalue weighted by molar-refractivity contribution is 0.189. The van der Waals surface area contributed by atoms with Crippen LogP contribution in [0.4, 0.5) is 5.82 Å². The number of nitrogen functional groups attached to an aromatic ring is 1. The highest BCUT2D eigenvalue weighted by molar-refractivity contribution is 7.89. The van der Waals surface area contributed by atoms with Gasteiger partial charge < -0.3 is 10.8 Å². The van der Waals surface area contributed by atoms with Crippen LogP contribution in [0.25, 0.3) is 0 Å². The molecule has 3 N–H and O–H groups in total. The largest absolute Gasteiger partial charge is 0.392 e. The fraction of sp³-hybridized carbons (Fsp3) is 0.667. The van der Waals surface area contributed by atoms with Crippen molar-refractivity contribution in [3.8, 4) is 0 Å². The summed E-state index contributed by atoms with van der Waals surface area (Å²) in [6.07, 6.45) is 1.29. The molecule has 1 saturated heterocycles. The highest BCUT2D eigenvalue weighted by atomic mass is 32.2. The number of rotatable bonds is 3. The minimum Gasteiger partial charge on any atom is -0.392 e. The van der Waals surface area contributed by atoms with Crippen LogP contribution in [0.1, 0.15) is 13.3 Å². The Kier molecular flexibility index (Phi) is 3.11. The molecule has 1 fully saturated rings. The number of hydrogen-bond donors (Lipinski definition) is 2. The fourth-order valence-electron chi connectivity index (χ4n) is 1.85. The molecule has 2 rings (SSSR count). The number of hydrogen-bond acceptors (Lipinski definition) is 5. The standard InChI is InChI=1S/C9H16N4O3S/c1-2-12-6-8(9(10)11-12)17(15,16)13-4-3-7(14)5-13/h6-7,14H,2-5H2,1H3,(H2,10,11)/t7-/m0/s1. The van der Waals surface area contributed by atoms with Crippen LogP contribution in [0.15, 0.2) is 11.1 Å². The summed E-state index contributed by atoms with van der Waals surface area (Å²) in [6, 6.07) is 0. The molecular weight excluding hydrogens is 244 g/mol. The van der Waals surface area contributed by atoms with Crippen molar-refractivity contribution in [1.82, 2.24) is 14.1 Å². The number of nitrogens with two attached hydrogens (primary N) is 1. The quantitative estimate of drug-likeness (QED) is 0.744. The molecular formula is C9H16N4O3S. The second-order valence-corrected chi connectivity index (χ2v) is 5.95. The Morgan fingerprint density at radius 2 is 2.35 bits per heavy atom. The Morgan fingerprint density at radius 1 is 1.65 bits per heavy atom. The monoisotopic (exact) mass is 260 g/mol. The number of anilines is 1. The maximum absolute atomic E-state index is 12.2. The van der Waals surface area contributed by atoms with Crippen molar-refractivity contribution < 1.29 is 13.5 Å². The number of nitrogens with zero attached hydrogens (tertiary/aromatic N) is 3. The summed E-state index contributed by atoms with van der Waals surface area (Å²) in [5.74, 6) is 0.00763. The van der Waals surface area contributed by atoms with E-state index in [1.165, 1.54) is 15.2 Å². The lowest BCUT2D eigenvalue weighted by Gasteiger charge is -2.14. The van der Waals surface area contributed by atoms with Gasteiger partial charge in [0.2, 0.25) is 10.0 Å². The summed E-state index contributed by atoms with van der Waals surface area (Å²) in [4.78, 5) is 0.0217. The van der Waals surface area contributed by atoms with Crippen molar-refractivity contribution >= 4 is 15.8 Å². The van der Waals surface area contributed by atoms with E-state index in [0.717, 1.165) is 0 Å². The van der Waals surface area contributed by atoms with Crippen LogP contribution in [0, 0.1) is 0 Å². The van der Waals surface area contributed by atoms with Crippen molar-refractivity contribution in [2.45, 2.75) is 30.9 Å². The van der Waals surface area contributed by atoms with E-state index in [-0.39, 0.29) is 17.3 Å². The van der Waals surface area contributed by atoms with Crippen molar-refractivity contribution in [3.05, 3.63) is 6.20 Å². The van der Waals surface area contributed by atoms with Crippen LogP contribution in [0.2, 0.25) is 0 Å². The molecule has 0 saturated carbocycles. The molecule has 0 amide bonds. The lowest BCUT2D eigenvalue weighted by atomic mass is 10.3. The minimum absolute atomic E-state index is 0.00763. The molecule has 1 aliphatic rings. The van der Waals surface area contributed by atoms with Gasteiger partial charge in [-0.1, -0.05) is 0 Å². The van der Waals surface area contributed by atoms with E-state index in [4.69, 9.17) is 5.73 Å². The van der Waals surface area contributed by atoms with E-state index in [9.17, 15) is 13.5 Å². The first-order chi connectivity index (χ1) is 7.95. The van der Waals surface area contributed by atoms with Gasteiger partial charge in [0.1, 0.15) is 4.90 Å². The maximum Gasteiger partial charge on any atom is 0.248 e. The first kappa shape index (κ1) is 12.3. The maximum atomic E-state index is 12.2. The molecule has 1 aromatic heterocycles. The zero-order chi connectivity index (χ0) is 12.6. The fourth-order valence-corrected chi connectivity index (χ4v) is 3.40. The Morgan fingerprint density at radius 3 is 2.82 bits per heavy atom. The number of sulfonamides is 1. The van der Waals surface area contributed by atoms with E-state index in [1.54, 1.807) is 0 Å². The average Bonchev–Trinajstić information content (AvgIpc) is 2.85. The van der Waals surface area contributed by atoms with E-state index in [0.29, 0.717) is 19.5 Å². The van der Waals surface area contributed by atoms with E-state index in [2.05, 4.69) is 5.10 Å². The third-order valence-corrected chi connectivity index (χ3v) is 4.70. The Bertz CT molecular complexity index is 510. The molecule has 17 heavy (non-hydrogen) atoms. The number of aryl methyl sites for hydroxylation is 1. The highest BCUT2D eigenvalue weighted by Gasteiger charge is 2.34. The van der Waals surface area contributed by atoms with Crippen molar-refractivity contribution in [1.29, 1.82) is 0 Å². The predicted octanol–water partition coefficient (Wildman–Crippen LogP) is -0.759. The van der Waals surface area contributed by atoms with Gasteiger partial charge in [0, 0.05) is 25.8 Å². The Hall–Kier alpha value is -1.12. The molecule has 0 aliphatic carbocycles. The molecule has 0 radical (unpaired) electrons. The van der Waals surface area contributed by atoms with Crippen LogP contribution in [0.5, 0.6) is 0 Å². The number of aromatic nitrogens is 2. The topological polar surface area (TPSA) is 101 Å². The van der Waals surface area contributed by atoms with Crippen LogP contribution in [-0.2, 0) is 16.6 Å². The second kappa shape index (κ2) is 4.28. The first-order valence-electron chi connectivity index (χ1n) is 5.46. The summed E-state index contributed by atoms with van der Waals surface area (Å²) in [5, 5.41) is 13.3. The SMILES string of the molecule is CCn1cc(S(=O)(=O)N2CC[C@H](O)C2)c(N)n1. The molecule has 0 spiro atoms. The first-order valence-corrected chi connectivity index (χ1v) is 6.90. The van der Waals surface area contributed by atoms with Gasteiger partial charge in [-0.05, 0) is 13.3 Å². The molecule has 1 aliphatic heterocycles. The summed E-state index contributed by atoms with van der Waals surface area (Å²) < 4.78 is 27.1. The molecule has 8 heteroatoms. The summed E-state index contributed by atoms with van der Waals surface area (Å²) in [6.45, 7) is 2.85. The van der Waals surface area contributed by atoms with Gasteiger partial charge >= 0.3 is 0 Å². The van der Waals surface area contributed by atoms with Crippen molar-refractivity contribution in [2.75, 3.05) is 18.8 Å². The van der Waals surface area contributed by atoms with Crippen molar-refractivity contribution in [2.24, 2.45) is 0 Å². The van der Waals surface area contributed by atoms with Gasteiger partial charge in [-0.3, -0.25) is 4.68 Å². The number of aliphatic hydroxyl groups excluding tert-OH is 1. The normalized spacial score (nSPS) is 22.1. The summed E-state index contributed by atoms with van der Waals surface area (Å²) in [5.41, 5.74) is 5.61. The van der Waals surface area contributed by atoms with Gasteiger partial charge in [-0.15, -0.1) is 0 Å². The van der Waals surface area contributed by atoms with Gasteiger partial charge in [0.05, 0.1) is 6.10 Å². The van der Waals surface area contributed by atoms with Gasteiger partial charge in [-0.25, -0.2) is 8.42 Å². The second-order valence-electron chi connectivity index (χ2n) is 4.04. The molecule has 1 aromatic rings. The lowest BCUT2D eigenvalue weighted by Crippen LogP contribution is -2.30. The summed E-state index contributed by atoms with van der Waals surface area (Å²) in [7, 11) is -3.63. The van der Waals surface area contributed by atoms with Crippen LogP contribution < -0.4 is 5.73 Å². The molecule has 2 heterocycles. The van der Waals surface area contributed by atoms with Gasteiger partial charge in [-0.2, -0.15) is 9.40 Å². The third kappa shape index (κ3) is 2.15. The zero-order valence-corrected chi connectivity index (χ0v) is 10.4. The van der Waals surface area contributed by atoms with Crippen molar-refractivity contribution in [3.63, 3.8) is 0 Å². The zero-order valence-electron chi connectivity index (χ0n) is 9.57. The van der Waals surface area contributed by atoms with E-state index in [1.807, 2.05) is 6.92 Å². The summed E-state index contributed by atoms with van der Waals surface area (Å²) >= 11 is 0. The van der Waals surface area contributed by atoms with Gasteiger partial charge in [0.15, 0.2) is 5.82 Å². The third-order valence-electron chi connectivity index (χ3n) is 2.82. The van der Waals surface area contributed by atoms with Crippen LogP contribution in [-0.4, -0.2) is 46.8 Å². The molecule has 0 aromatic carbocycles. The predicted molar refractivity (Wildman–Crippen MR) is 61.7 cm³/mol. The van der Waals surface area contributed by atoms with Crippen LogP contribution in [0.3, 0.4) is 0 Å². The molecule has 0 unspecified atom stereocenters. The molecule has 7 nitrogen and oxygen atoms in total. The molecule has 0 bridgehead atoms. The van der Waals surface area contributed by atoms with E-state index < -0.39 is 16.1 Å². The minimum atomic E-state index is -3.63. The highest BCUT2D eigenvalue weighted by Crippen LogP contribution is 2.24. The smallest absolute Gasteiger partial charge is 0.248 e. The molecule has 1 atom stereocenters. The average molecular weight is 260 g/mol. The van der Waals surface area contributed by atoms with Crippen LogP contribution >= 0.6 is 0 Å². The van der Waals surface area contributed by atoms with E-state index >= 15 is 0 Å². The Labute approximate surface area is 99.9 Å².